The first-order valence-electron chi connectivity index (χ1n) is 10.8. The lowest BCUT2D eigenvalue weighted by atomic mass is 9.78. The summed E-state index contributed by atoms with van der Waals surface area (Å²) >= 11 is 0. The van der Waals surface area contributed by atoms with Gasteiger partial charge in [-0.05, 0) is 56.0 Å². The number of hydrogen-bond acceptors (Lipinski definition) is 6. The Kier molecular flexibility index (Phi) is 4.84. The summed E-state index contributed by atoms with van der Waals surface area (Å²) in [5, 5.41) is 21.0. The number of ketones is 1. The van der Waals surface area contributed by atoms with Crippen LogP contribution in [0.1, 0.15) is 54.4 Å². The summed E-state index contributed by atoms with van der Waals surface area (Å²) in [6.45, 7) is 0. The number of carboxylic acids is 1. The van der Waals surface area contributed by atoms with Crippen molar-refractivity contribution in [1.29, 1.82) is 0 Å². The highest BCUT2D eigenvalue weighted by molar-refractivity contribution is 6.07. The van der Waals surface area contributed by atoms with Gasteiger partial charge in [-0.25, -0.2) is 0 Å². The zero-order valence-electron chi connectivity index (χ0n) is 17.8. The molecule has 0 amide bonds. The maximum atomic E-state index is 13.1. The van der Waals surface area contributed by atoms with Gasteiger partial charge in [-0.3, -0.25) is 9.59 Å². The third-order valence-corrected chi connectivity index (χ3v) is 6.56. The van der Waals surface area contributed by atoms with Crippen LogP contribution in [0.2, 0.25) is 0 Å². The lowest BCUT2D eigenvalue weighted by Gasteiger charge is -2.40. The molecule has 1 aliphatic heterocycles. The number of aromatic hydroxyl groups is 1. The van der Waals surface area contributed by atoms with E-state index >= 15 is 0 Å². The quantitative estimate of drug-likeness (QED) is 0.585. The molecule has 166 valence electrons. The molecule has 0 bridgehead atoms. The number of benzene rings is 2. The van der Waals surface area contributed by atoms with Crippen LogP contribution in [0.3, 0.4) is 0 Å². The Balaban J connectivity index is 1.69. The summed E-state index contributed by atoms with van der Waals surface area (Å²) in [6, 6.07) is 8.63. The molecule has 1 aliphatic carbocycles. The molecule has 7 nitrogen and oxygen atoms in total. The lowest BCUT2D eigenvalue weighted by Crippen LogP contribution is -2.43. The molecule has 2 N–H and O–H groups in total. The topological polar surface area (TPSA) is 106 Å². The van der Waals surface area contributed by atoms with Crippen molar-refractivity contribution >= 4 is 22.7 Å². The smallest absolute Gasteiger partial charge is 0.307 e. The Morgan fingerprint density at radius 2 is 1.88 bits per heavy atom. The molecule has 1 aromatic heterocycles. The fourth-order valence-electron chi connectivity index (χ4n) is 4.98. The highest BCUT2D eigenvalue weighted by Gasteiger charge is 2.43. The molecule has 2 heterocycles. The zero-order chi connectivity index (χ0) is 22.5. The Morgan fingerprint density at radius 1 is 1.16 bits per heavy atom. The number of hydrogen-bond donors (Lipinski definition) is 2. The number of phenols is 1. The Bertz CT molecular complexity index is 1210. The first-order chi connectivity index (χ1) is 15.4. The van der Waals surface area contributed by atoms with Gasteiger partial charge in [0.25, 0.3) is 0 Å². The zero-order valence-corrected chi connectivity index (χ0v) is 17.8. The van der Waals surface area contributed by atoms with Crippen molar-refractivity contribution < 1.29 is 33.7 Å². The predicted molar refractivity (Wildman–Crippen MR) is 117 cm³/mol. The number of fused-ring (bicyclic) bond motifs is 2. The van der Waals surface area contributed by atoms with E-state index in [9.17, 15) is 19.8 Å². The van der Waals surface area contributed by atoms with E-state index in [1.54, 1.807) is 37.4 Å². The minimum Gasteiger partial charge on any atom is -0.502 e. The third-order valence-electron chi connectivity index (χ3n) is 6.56. The van der Waals surface area contributed by atoms with Crippen molar-refractivity contribution in [3.8, 4) is 28.6 Å². The van der Waals surface area contributed by atoms with E-state index in [1.807, 2.05) is 0 Å². The van der Waals surface area contributed by atoms with Crippen LogP contribution in [0.5, 0.6) is 17.2 Å². The molecule has 0 atom stereocenters. The molecule has 2 aromatic carbocycles. The summed E-state index contributed by atoms with van der Waals surface area (Å²) in [5.41, 5.74) is 0.877. The van der Waals surface area contributed by atoms with Crippen LogP contribution in [0.4, 0.5) is 0 Å². The van der Waals surface area contributed by atoms with Crippen LogP contribution in [0.15, 0.2) is 34.7 Å². The SMILES string of the molecule is COc1ccc(-c2oc3c(O)c4c(cc3c2CC(=O)O)C(=O)CC2(CCCCC2)O4)cc1. The van der Waals surface area contributed by atoms with Crippen LogP contribution >= 0.6 is 0 Å². The first-order valence-corrected chi connectivity index (χ1v) is 10.8. The monoisotopic (exact) mass is 436 g/mol. The second-order valence-electron chi connectivity index (χ2n) is 8.63. The van der Waals surface area contributed by atoms with Gasteiger partial charge in [-0.2, -0.15) is 0 Å². The van der Waals surface area contributed by atoms with E-state index in [4.69, 9.17) is 13.9 Å². The number of aliphatic carboxylic acids is 1. The van der Waals surface area contributed by atoms with E-state index in [0.29, 0.717) is 28.0 Å². The maximum Gasteiger partial charge on any atom is 0.307 e. The van der Waals surface area contributed by atoms with Gasteiger partial charge >= 0.3 is 5.97 Å². The van der Waals surface area contributed by atoms with E-state index in [-0.39, 0.29) is 41.3 Å². The van der Waals surface area contributed by atoms with Gasteiger partial charge in [0.1, 0.15) is 17.1 Å². The number of ether oxygens (including phenoxy) is 2. The van der Waals surface area contributed by atoms with Crippen LogP contribution in [-0.2, 0) is 11.2 Å². The van der Waals surface area contributed by atoms with Crippen LogP contribution in [-0.4, -0.2) is 34.7 Å². The summed E-state index contributed by atoms with van der Waals surface area (Å²) < 4.78 is 17.5. The Morgan fingerprint density at radius 3 is 2.53 bits per heavy atom. The summed E-state index contributed by atoms with van der Waals surface area (Å²) in [4.78, 5) is 24.7. The third kappa shape index (κ3) is 3.28. The fraction of sp³-hybridized carbons (Fsp3) is 0.360. The van der Waals surface area contributed by atoms with Crippen molar-refractivity contribution in [2.75, 3.05) is 7.11 Å². The van der Waals surface area contributed by atoms with E-state index in [2.05, 4.69) is 0 Å². The van der Waals surface area contributed by atoms with Gasteiger partial charge in [0.2, 0.25) is 5.75 Å². The molecule has 1 saturated carbocycles. The number of methoxy groups -OCH3 is 1. The van der Waals surface area contributed by atoms with E-state index in [1.165, 1.54) is 0 Å². The minimum absolute atomic E-state index is 0.0983. The normalized spacial score (nSPS) is 17.2. The maximum absolute atomic E-state index is 13.1. The fourth-order valence-corrected chi connectivity index (χ4v) is 4.98. The number of furan rings is 1. The summed E-state index contributed by atoms with van der Waals surface area (Å²) in [6.07, 6.45) is 4.57. The number of Topliss-reactive ketones (excluding diaryl/α,β-unsaturated/α-hetero) is 1. The molecule has 3 aromatic rings. The number of carboxylic acid groups (broad SMARTS) is 1. The lowest BCUT2D eigenvalue weighted by molar-refractivity contribution is -0.136. The van der Waals surface area contributed by atoms with Crippen molar-refractivity contribution in [2.45, 2.75) is 50.5 Å². The van der Waals surface area contributed by atoms with Gasteiger partial charge in [0.15, 0.2) is 17.1 Å². The number of carbonyl (C=O) groups is 2. The Labute approximate surface area is 184 Å². The Hall–Kier alpha value is -3.48. The van der Waals surface area contributed by atoms with Crippen LogP contribution < -0.4 is 9.47 Å². The molecule has 0 unspecified atom stereocenters. The molecule has 0 radical (unpaired) electrons. The predicted octanol–water partition coefficient (Wildman–Crippen LogP) is 5.11. The molecule has 2 aliphatic rings. The van der Waals surface area contributed by atoms with Gasteiger partial charge in [-0.1, -0.05) is 6.42 Å². The molecular weight excluding hydrogens is 412 g/mol. The minimum atomic E-state index is -1.04. The average molecular weight is 436 g/mol. The van der Waals surface area contributed by atoms with Gasteiger partial charge in [-0.15, -0.1) is 0 Å². The van der Waals surface area contributed by atoms with Crippen molar-refractivity contribution in [1.82, 2.24) is 0 Å². The number of rotatable bonds is 4. The highest BCUT2D eigenvalue weighted by atomic mass is 16.5. The second-order valence-corrected chi connectivity index (χ2v) is 8.63. The van der Waals surface area contributed by atoms with Crippen molar-refractivity contribution in [3.05, 3.63) is 41.5 Å². The summed E-state index contributed by atoms with van der Waals surface area (Å²) in [7, 11) is 1.56. The van der Waals surface area contributed by atoms with E-state index in [0.717, 1.165) is 32.1 Å². The summed E-state index contributed by atoms with van der Waals surface area (Å²) in [5.74, 6) is -0.251. The molecule has 0 saturated heterocycles. The second kappa shape index (κ2) is 7.58. The van der Waals surface area contributed by atoms with Crippen molar-refractivity contribution in [3.63, 3.8) is 0 Å². The first kappa shape index (κ1) is 20.4. The van der Waals surface area contributed by atoms with Crippen LogP contribution in [0.25, 0.3) is 22.3 Å². The van der Waals surface area contributed by atoms with Gasteiger partial charge < -0.3 is 24.1 Å². The molecular formula is C25H24O7. The average Bonchev–Trinajstić information content (AvgIpc) is 3.13. The number of carbonyl (C=O) groups excluding carboxylic acids is 1. The molecule has 7 heteroatoms. The standard InChI is InChI=1S/C25H24O7/c1-30-15-7-5-14(6-8-15)22-17(12-20(27)28)16-11-18-19(26)13-25(9-3-2-4-10-25)32-24(18)21(29)23(16)31-22/h5-8,11,29H,2-4,9-10,12-13H2,1H3,(H,27,28). The number of phenolic OH excluding ortho intramolecular Hbond substituents is 1. The van der Waals surface area contributed by atoms with E-state index < -0.39 is 11.6 Å². The van der Waals surface area contributed by atoms with Gasteiger partial charge in [0, 0.05) is 16.5 Å². The molecule has 5 rings (SSSR count). The van der Waals surface area contributed by atoms with Crippen molar-refractivity contribution in [2.24, 2.45) is 0 Å². The van der Waals surface area contributed by atoms with Crippen LogP contribution in [0, 0.1) is 0 Å². The molecule has 1 spiro atoms. The largest absolute Gasteiger partial charge is 0.502 e. The van der Waals surface area contributed by atoms with Gasteiger partial charge in [0.05, 0.1) is 25.5 Å². The highest BCUT2D eigenvalue weighted by Crippen LogP contribution is 2.50. The molecule has 32 heavy (non-hydrogen) atoms. The molecule has 1 fully saturated rings.